The maximum absolute atomic E-state index is 9.59. The largest absolute Gasteiger partial charge is 0.396 e. The average molecular weight is 285 g/mol. The second kappa shape index (κ2) is 5.30. The first kappa shape index (κ1) is 12.1. The fraction of sp³-hybridized carbons (Fsp3) is 0.538. The molecule has 3 heteroatoms. The molecular formula is C13H17BrO2. The molecule has 2 nitrogen and oxygen atoms in total. The quantitative estimate of drug-likeness (QED) is 0.925. The second-order valence-corrected chi connectivity index (χ2v) is 5.49. The molecule has 1 aromatic carbocycles. The fourth-order valence-electron chi connectivity index (χ4n) is 2.23. The van der Waals surface area contributed by atoms with Gasteiger partial charge >= 0.3 is 0 Å². The summed E-state index contributed by atoms with van der Waals surface area (Å²) >= 11 is 3.43. The van der Waals surface area contributed by atoms with E-state index in [2.05, 4.69) is 40.2 Å². The van der Waals surface area contributed by atoms with E-state index in [0.717, 1.165) is 36.9 Å². The minimum absolute atomic E-state index is 0.0338. The monoisotopic (exact) mass is 284 g/mol. The van der Waals surface area contributed by atoms with E-state index in [9.17, 15) is 5.11 Å². The molecule has 1 heterocycles. The molecule has 0 aromatic heterocycles. The molecule has 1 aliphatic rings. The third-order valence-electron chi connectivity index (χ3n) is 3.38. The van der Waals surface area contributed by atoms with Crippen LogP contribution in [0.4, 0.5) is 0 Å². The minimum atomic E-state index is 0.0338. The molecule has 2 rings (SSSR count). The molecule has 1 aliphatic heterocycles. The van der Waals surface area contributed by atoms with Crippen LogP contribution in [0.1, 0.15) is 18.4 Å². The topological polar surface area (TPSA) is 29.5 Å². The summed E-state index contributed by atoms with van der Waals surface area (Å²) in [7, 11) is 0. The van der Waals surface area contributed by atoms with Crippen LogP contribution >= 0.6 is 15.9 Å². The average Bonchev–Trinajstić information content (AvgIpc) is 2.33. The number of hydrogen-bond donors (Lipinski definition) is 1. The van der Waals surface area contributed by atoms with Gasteiger partial charge < -0.3 is 9.84 Å². The van der Waals surface area contributed by atoms with Gasteiger partial charge in [0.05, 0.1) is 0 Å². The van der Waals surface area contributed by atoms with Gasteiger partial charge in [-0.3, -0.25) is 0 Å². The molecule has 0 aliphatic carbocycles. The Morgan fingerprint density at radius 1 is 1.19 bits per heavy atom. The third-order valence-corrected chi connectivity index (χ3v) is 3.91. The van der Waals surface area contributed by atoms with Gasteiger partial charge in [0.1, 0.15) is 0 Å². The van der Waals surface area contributed by atoms with Crippen LogP contribution in [0, 0.1) is 5.41 Å². The predicted octanol–water partition coefficient (Wildman–Crippen LogP) is 2.78. The zero-order chi connectivity index (χ0) is 11.4. The van der Waals surface area contributed by atoms with Crippen LogP contribution in [0.15, 0.2) is 28.7 Å². The standard InChI is InChI=1S/C13H17BrO2/c14-12-3-1-11(2-4-12)9-13(10-15)5-7-16-8-6-13/h1-4,15H,5-10H2. The molecule has 0 saturated carbocycles. The van der Waals surface area contributed by atoms with Crippen LogP contribution < -0.4 is 0 Å². The Bertz CT molecular complexity index is 328. The van der Waals surface area contributed by atoms with Gasteiger partial charge in [0, 0.05) is 29.7 Å². The SMILES string of the molecule is OCC1(Cc2ccc(Br)cc2)CCOCC1. The van der Waals surface area contributed by atoms with E-state index < -0.39 is 0 Å². The lowest BCUT2D eigenvalue weighted by Gasteiger charge is -2.35. The van der Waals surface area contributed by atoms with E-state index in [-0.39, 0.29) is 12.0 Å². The Balaban J connectivity index is 2.08. The Kier molecular flexibility index (Phi) is 4.00. The first-order valence-electron chi connectivity index (χ1n) is 5.67. The number of halogens is 1. The predicted molar refractivity (Wildman–Crippen MR) is 67.4 cm³/mol. The molecule has 0 unspecified atom stereocenters. The summed E-state index contributed by atoms with van der Waals surface area (Å²) in [5.74, 6) is 0. The van der Waals surface area contributed by atoms with Crippen molar-refractivity contribution in [2.75, 3.05) is 19.8 Å². The van der Waals surface area contributed by atoms with E-state index >= 15 is 0 Å². The number of rotatable bonds is 3. The summed E-state index contributed by atoms with van der Waals surface area (Å²) in [6, 6.07) is 8.35. The molecule has 1 N–H and O–H groups in total. The maximum atomic E-state index is 9.59. The van der Waals surface area contributed by atoms with Crippen molar-refractivity contribution >= 4 is 15.9 Å². The van der Waals surface area contributed by atoms with E-state index in [4.69, 9.17) is 4.74 Å². The van der Waals surface area contributed by atoms with Crippen molar-refractivity contribution in [1.82, 2.24) is 0 Å². The summed E-state index contributed by atoms with van der Waals surface area (Å²) in [4.78, 5) is 0. The van der Waals surface area contributed by atoms with Crippen molar-refractivity contribution in [3.05, 3.63) is 34.3 Å². The number of ether oxygens (including phenoxy) is 1. The Morgan fingerprint density at radius 2 is 1.81 bits per heavy atom. The van der Waals surface area contributed by atoms with E-state index in [1.807, 2.05) is 0 Å². The normalized spacial score (nSPS) is 19.6. The number of benzene rings is 1. The first-order valence-corrected chi connectivity index (χ1v) is 6.46. The highest BCUT2D eigenvalue weighted by molar-refractivity contribution is 9.10. The highest BCUT2D eigenvalue weighted by Crippen LogP contribution is 2.33. The Labute approximate surface area is 105 Å². The van der Waals surface area contributed by atoms with E-state index in [1.54, 1.807) is 0 Å². The molecule has 16 heavy (non-hydrogen) atoms. The second-order valence-electron chi connectivity index (χ2n) is 4.57. The smallest absolute Gasteiger partial charge is 0.0492 e. The van der Waals surface area contributed by atoms with Crippen LogP contribution in [0.2, 0.25) is 0 Å². The van der Waals surface area contributed by atoms with Crippen LogP contribution in [0.5, 0.6) is 0 Å². The van der Waals surface area contributed by atoms with Gasteiger partial charge in [-0.15, -0.1) is 0 Å². The molecule has 0 radical (unpaired) electrons. The Hall–Kier alpha value is -0.380. The zero-order valence-electron chi connectivity index (χ0n) is 9.29. The third kappa shape index (κ3) is 2.84. The van der Waals surface area contributed by atoms with Crippen molar-refractivity contribution < 1.29 is 9.84 Å². The van der Waals surface area contributed by atoms with Crippen molar-refractivity contribution in [3.63, 3.8) is 0 Å². The highest BCUT2D eigenvalue weighted by Gasteiger charge is 2.31. The van der Waals surface area contributed by atoms with Gasteiger partial charge in [-0.1, -0.05) is 28.1 Å². The number of hydrogen-bond acceptors (Lipinski definition) is 2. The van der Waals surface area contributed by atoms with Crippen molar-refractivity contribution in [2.24, 2.45) is 5.41 Å². The van der Waals surface area contributed by atoms with Crippen molar-refractivity contribution in [3.8, 4) is 0 Å². The lowest BCUT2D eigenvalue weighted by molar-refractivity contribution is -0.0157. The van der Waals surface area contributed by atoms with Crippen LogP contribution in [0.3, 0.4) is 0 Å². The molecule has 1 aromatic rings. The number of aliphatic hydroxyl groups is 1. The summed E-state index contributed by atoms with van der Waals surface area (Å²) in [5.41, 5.74) is 1.32. The van der Waals surface area contributed by atoms with Gasteiger partial charge in [0.25, 0.3) is 0 Å². The molecule has 0 atom stereocenters. The lowest BCUT2D eigenvalue weighted by atomic mass is 9.76. The summed E-state index contributed by atoms with van der Waals surface area (Å²) in [6.07, 6.45) is 2.86. The summed E-state index contributed by atoms with van der Waals surface area (Å²) in [5, 5.41) is 9.59. The molecule has 1 fully saturated rings. The molecule has 0 amide bonds. The van der Waals surface area contributed by atoms with Gasteiger partial charge in [-0.25, -0.2) is 0 Å². The summed E-state index contributed by atoms with van der Waals surface area (Å²) < 4.78 is 6.46. The van der Waals surface area contributed by atoms with E-state index in [0.29, 0.717) is 0 Å². The van der Waals surface area contributed by atoms with Crippen molar-refractivity contribution in [2.45, 2.75) is 19.3 Å². The maximum Gasteiger partial charge on any atom is 0.0492 e. The molecule has 88 valence electrons. The molecule has 0 bridgehead atoms. The van der Waals surface area contributed by atoms with Crippen LogP contribution in [-0.2, 0) is 11.2 Å². The van der Waals surface area contributed by atoms with Crippen LogP contribution in [0.25, 0.3) is 0 Å². The molecule has 1 saturated heterocycles. The van der Waals surface area contributed by atoms with Gasteiger partial charge in [0.15, 0.2) is 0 Å². The van der Waals surface area contributed by atoms with Crippen molar-refractivity contribution in [1.29, 1.82) is 0 Å². The number of aliphatic hydroxyl groups excluding tert-OH is 1. The summed E-state index contributed by atoms with van der Waals surface area (Å²) in [6.45, 7) is 1.81. The van der Waals surface area contributed by atoms with Gasteiger partial charge in [0.2, 0.25) is 0 Å². The first-order chi connectivity index (χ1) is 7.74. The van der Waals surface area contributed by atoms with Crippen LogP contribution in [-0.4, -0.2) is 24.9 Å². The lowest BCUT2D eigenvalue weighted by Crippen LogP contribution is -2.35. The van der Waals surface area contributed by atoms with Gasteiger partial charge in [-0.2, -0.15) is 0 Å². The van der Waals surface area contributed by atoms with E-state index in [1.165, 1.54) is 5.56 Å². The Morgan fingerprint density at radius 3 is 2.38 bits per heavy atom. The fourth-order valence-corrected chi connectivity index (χ4v) is 2.49. The molecule has 0 spiro atoms. The zero-order valence-corrected chi connectivity index (χ0v) is 10.9. The van der Waals surface area contributed by atoms with Gasteiger partial charge in [-0.05, 0) is 37.0 Å². The highest BCUT2D eigenvalue weighted by atomic mass is 79.9. The minimum Gasteiger partial charge on any atom is -0.396 e. The molecular weight excluding hydrogens is 268 g/mol.